The topological polar surface area (TPSA) is 55.4 Å². The van der Waals surface area contributed by atoms with Crippen LogP contribution < -0.4 is 5.32 Å². The number of nitrogens with zero attached hydrogens (tertiary/aromatic N) is 3. The number of rotatable bonds is 3. The summed E-state index contributed by atoms with van der Waals surface area (Å²) in [5, 5.41) is 7.63. The average molecular weight is 321 g/mol. The smallest absolute Gasteiger partial charge is 0.155 e. The fraction of sp³-hybridized carbons (Fsp3) is 0.231. The Balaban J connectivity index is 2.12. The molecule has 3 rings (SSSR count). The maximum atomic E-state index is 5.59. The molecular weight excluding hydrogens is 308 g/mol. The summed E-state index contributed by atoms with van der Waals surface area (Å²) in [6.07, 6.45) is 0. The van der Waals surface area contributed by atoms with E-state index in [4.69, 9.17) is 4.42 Å². The maximum Gasteiger partial charge on any atom is 0.155 e. The molecule has 98 valence electrons. The van der Waals surface area contributed by atoms with Crippen molar-refractivity contribution in [3.63, 3.8) is 0 Å². The Morgan fingerprint density at radius 2 is 2.16 bits per heavy atom. The largest absolute Gasteiger partial charge is 0.460 e. The first-order valence-electron chi connectivity index (χ1n) is 5.94. The van der Waals surface area contributed by atoms with E-state index in [0.29, 0.717) is 6.54 Å². The van der Waals surface area contributed by atoms with Gasteiger partial charge in [0.1, 0.15) is 16.1 Å². The molecule has 0 amide bonds. The molecule has 5 nitrogen and oxygen atoms in total. The second-order valence-corrected chi connectivity index (χ2v) is 5.03. The molecule has 0 spiro atoms. The molecule has 0 bridgehead atoms. The zero-order chi connectivity index (χ0) is 13.4. The highest BCUT2D eigenvalue weighted by molar-refractivity contribution is 9.10. The Hall–Kier alpha value is -1.66. The highest BCUT2D eigenvalue weighted by Gasteiger charge is 2.12. The molecular formula is C13H13BrN4O. The summed E-state index contributed by atoms with van der Waals surface area (Å²) in [4.78, 5) is 4.50. The first kappa shape index (κ1) is 12.4. The lowest BCUT2D eigenvalue weighted by molar-refractivity contribution is 0.545. The molecule has 0 radical (unpaired) electrons. The molecule has 0 aliphatic rings. The number of furan rings is 1. The number of hydrogen-bond acceptors (Lipinski definition) is 4. The van der Waals surface area contributed by atoms with Crippen molar-refractivity contribution in [1.82, 2.24) is 19.9 Å². The van der Waals surface area contributed by atoms with Crippen LogP contribution in [0.2, 0.25) is 0 Å². The predicted molar refractivity (Wildman–Crippen MR) is 75.9 cm³/mol. The second kappa shape index (κ2) is 4.79. The summed E-state index contributed by atoms with van der Waals surface area (Å²) in [6, 6.07) is 7.69. The average Bonchev–Trinajstić information content (AvgIpc) is 2.96. The van der Waals surface area contributed by atoms with Gasteiger partial charge in [-0.15, -0.1) is 0 Å². The minimum Gasteiger partial charge on any atom is -0.460 e. The number of aromatic nitrogens is 3. The van der Waals surface area contributed by atoms with Crippen molar-refractivity contribution >= 4 is 21.6 Å². The van der Waals surface area contributed by atoms with Crippen LogP contribution in [0, 0.1) is 6.92 Å². The molecule has 0 saturated carbocycles. The molecule has 19 heavy (non-hydrogen) atoms. The van der Waals surface area contributed by atoms with E-state index in [9.17, 15) is 0 Å². The lowest BCUT2D eigenvalue weighted by Gasteiger charge is -1.99. The van der Waals surface area contributed by atoms with Gasteiger partial charge in [-0.3, -0.25) is 0 Å². The SMILES string of the molecule is CNCc1nc2ccc(-c3ccc(C)o3)nn2c1Br. The number of nitrogens with one attached hydrogen (secondary N) is 1. The quantitative estimate of drug-likeness (QED) is 0.806. The zero-order valence-corrected chi connectivity index (χ0v) is 12.2. The van der Waals surface area contributed by atoms with Crippen LogP contribution in [0.25, 0.3) is 17.1 Å². The summed E-state index contributed by atoms with van der Waals surface area (Å²) < 4.78 is 8.23. The lowest BCUT2D eigenvalue weighted by Crippen LogP contribution is -2.05. The van der Waals surface area contributed by atoms with E-state index in [1.54, 1.807) is 4.52 Å². The molecule has 3 heterocycles. The van der Waals surface area contributed by atoms with E-state index in [1.165, 1.54) is 0 Å². The second-order valence-electron chi connectivity index (χ2n) is 4.28. The Labute approximate surface area is 118 Å². The third-order valence-corrected chi connectivity index (χ3v) is 3.62. The van der Waals surface area contributed by atoms with Crippen molar-refractivity contribution < 1.29 is 4.42 Å². The third kappa shape index (κ3) is 2.17. The van der Waals surface area contributed by atoms with Gasteiger partial charge >= 0.3 is 0 Å². The van der Waals surface area contributed by atoms with E-state index in [2.05, 4.69) is 31.3 Å². The molecule has 0 atom stereocenters. The van der Waals surface area contributed by atoms with Gasteiger partial charge in [0.15, 0.2) is 11.4 Å². The highest BCUT2D eigenvalue weighted by atomic mass is 79.9. The summed E-state index contributed by atoms with van der Waals surface area (Å²) in [5.41, 5.74) is 2.53. The number of fused-ring (bicyclic) bond motifs is 1. The first-order valence-corrected chi connectivity index (χ1v) is 6.74. The van der Waals surface area contributed by atoms with E-state index >= 15 is 0 Å². The number of hydrogen-bond donors (Lipinski definition) is 1. The van der Waals surface area contributed by atoms with Crippen LogP contribution in [0.4, 0.5) is 0 Å². The molecule has 3 aromatic rings. The van der Waals surface area contributed by atoms with Gasteiger partial charge in [-0.25, -0.2) is 9.50 Å². The summed E-state index contributed by atoms with van der Waals surface area (Å²) in [6.45, 7) is 2.61. The molecule has 0 aliphatic carbocycles. The van der Waals surface area contributed by atoms with Crippen molar-refractivity contribution in [2.45, 2.75) is 13.5 Å². The standard InChI is InChI=1S/C13H13BrN4O/c1-8-3-5-11(19-8)9-4-6-12-16-10(7-15-2)13(14)18(12)17-9/h3-6,15H,7H2,1-2H3. The van der Waals surface area contributed by atoms with Crippen LogP contribution in [0.1, 0.15) is 11.5 Å². The Bertz CT molecular complexity index is 731. The van der Waals surface area contributed by atoms with Gasteiger partial charge in [0.2, 0.25) is 0 Å². The van der Waals surface area contributed by atoms with Gasteiger partial charge in [0.25, 0.3) is 0 Å². The van der Waals surface area contributed by atoms with Crippen molar-refractivity contribution in [2.24, 2.45) is 0 Å². The Morgan fingerprint density at radius 3 is 2.84 bits per heavy atom. The van der Waals surface area contributed by atoms with Gasteiger partial charge in [0, 0.05) is 6.54 Å². The van der Waals surface area contributed by atoms with Gasteiger partial charge < -0.3 is 9.73 Å². The molecule has 0 fully saturated rings. The minimum atomic E-state index is 0.694. The van der Waals surface area contributed by atoms with E-state index < -0.39 is 0 Å². The number of aryl methyl sites for hydroxylation is 1. The summed E-state index contributed by atoms with van der Waals surface area (Å²) in [7, 11) is 1.89. The van der Waals surface area contributed by atoms with Crippen LogP contribution in [-0.4, -0.2) is 21.6 Å². The van der Waals surface area contributed by atoms with Crippen LogP contribution in [0.15, 0.2) is 33.3 Å². The Morgan fingerprint density at radius 1 is 1.32 bits per heavy atom. The monoisotopic (exact) mass is 320 g/mol. The fourth-order valence-corrected chi connectivity index (χ4v) is 2.43. The predicted octanol–water partition coefficient (Wildman–Crippen LogP) is 2.78. The Kier molecular flexibility index (Phi) is 3.12. The van der Waals surface area contributed by atoms with Crippen molar-refractivity contribution in [2.75, 3.05) is 7.05 Å². The van der Waals surface area contributed by atoms with Gasteiger partial charge in [-0.1, -0.05) is 0 Å². The molecule has 6 heteroatoms. The van der Waals surface area contributed by atoms with Gasteiger partial charge in [-0.2, -0.15) is 5.10 Å². The van der Waals surface area contributed by atoms with Gasteiger partial charge in [-0.05, 0) is 54.2 Å². The van der Waals surface area contributed by atoms with Crippen LogP contribution >= 0.6 is 15.9 Å². The lowest BCUT2D eigenvalue weighted by atomic mass is 10.3. The molecule has 0 unspecified atom stereocenters. The molecule has 0 aromatic carbocycles. The maximum absolute atomic E-state index is 5.59. The van der Waals surface area contributed by atoms with E-state index in [0.717, 1.165) is 33.2 Å². The zero-order valence-electron chi connectivity index (χ0n) is 10.6. The van der Waals surface area contributed by atoms with Crippen molar-refractivity contribution in [3.05, 3.63) is 40.3 Å². The molecule has 1 N–H and O–H groups in total. The first-order chi connectivity index (χ1) is 9.19. The number of imidazole rings is 1. The normalized spacial score (nSPS) is 11.3. The highest BCUT2D eigenvalue weighted by Crippen LogP contribution is 2.23. The van der Waals surface area contributed by atoms with Crippen LogP contribution in [0.3, 0.4) is 0 Å². The van der Waals surface area contributed by atoms with E-state index in [-0.39, 0.29) is 0 Å². The third-order valence-electron chi connectivity index (χ3n) is 2.83. The van der Waals surface area contributed by atoms with Crippen molar-refractivity contribution in [1.29, 1.82) is 0 Å². The van der Waals surface area contributed by atoms with Gasteiger partial charge in [0.05, 0.1) is 5.69 Å². The summed E-state index contributed by atoms with van der Waals surface area (Å²) >= 11 is 3.53. The molecule has 0 saturated heterocycles. The minimum absolute atomic E-state index is 0.694. The fourth-order valence-electron chi connectivity index (χ4n) is 1.94. The molecule has 3 aromatic heterocycles. The number of halogens is 1. The van der Waals surface area contributed by atoms with E-state index in [1.807, 2.05) is 38.2 Å². The van der Waals surface area contributed by atoms with Crippen molar-refractivity contribution in [3.8, 4) is 11.5 Å². The molecule has 0 aliphatic heterocycles. The van der Waals surface area contributed by atoms with Crippen LogP contribution in [0.5, 0.6) is 0 Å². The summed E-state index contributed by atoms with van der Waals surface area (Å²) in [5.74, 6) is 1.63. The van der Waals surface area contributed by atoms with Crippen LogP contribution in [-0.2, 0) is 6.54 Å².